The lowest BCUT2D eigenvalue weighted by Crippen LogP contribution is -2.47. The second-order valence-corrected chi connectivity index (χ2v) is 6.08. The molecular formula is C15H30N2O. The van der Waals surface area contributed by atoms with Gasteiger partial charge in [-0.3, -0.25) is 0 Å². The number of fused-ring (bicyclic) bond motifs is 2. The van der Waals surface area contributed by atoms with Crippen LogP contribution in [-0.2, 0) is 4.74 Å². The fourth-order valence-corrected chi connectivity index (χ4v) is 4.00. The standard InChI is InChI=1S/C15H30N2O/c1-4-16-15(6-5-9-18-3)12-10-13-7-8-14(11-12)17(13)2/h12-16H,4-11H2,1-3H3. The maximum atomic E-state index is 5.19. The molecule has 0 radical (unpaired) electrons. The van der Waals surface area contributed by atoms with Gasteiger partial charge < -0.3 is 15.0 Å². The number of hydrogen-bond donors (Lipinski definition) is 1. The SMILES string of the molecule is CCNC(CCCOC)C1CC2CCC(C1)N2C. The van der Waals surface area contributed by atoms with Gasteiger partial charge in [0.15, 0.2) is 0 Å². The van der Waals surface area contributed by atoms with E-state index < -0.39 is 0 Å². The Bertz CT molecular complexity index is 233. The lowest BCUT2D eigenvalue weighted by atomic mass is 9.83. The van der Waals surface area contributed by atoms with Crippen LogP contribution in [0, 0.1) is 5.92 Å². The first-order chi connectivity index (χ1) is 8.76. The van der Waals surface area contributed by atoms with Gasteiger partial charge in [-0.1, -0.05) is 6.92 Å². The zero-order valence-corrected chi connectivity index (χ0v) is 12.3. The Labute approximate surface area is 112 Å². The summed E-state index contributed by atoms with van der Waals surface area (Å²) < 4.78 is 5.19. The van der Waals surface area contributed by atoms with E-state index in [1.807, 2.05) is 0 Å². The summed E-state index contributed by atoms with van der Waals surface area (Å²) in [5, 5.41) is 3.72. The van der Waals surface area contributed by atoms with Gasteiger partial charge in [-0.15, -0.1) is 0 Å². The molecule has 2 heterocycles. The summed E-state index contributed by atoms with van der Waals surface area (Å²) in [5.41, 5.74) is 0. The fraction of sp³-hybridized carbons (Fsp3) is 1.00. The molecule has 0 aromatic rings. The molecule has 2 aliphatic rings. The Kier molecular flexibility index (Phi) is 5.46. The zero-order valence-electron chi connectivity index (χ0n) is 12.3. The third-order valence-electron chi connectivity index (χ3n) is 5.03. The Morgan fingerprint density at radius 3 is 2.50 bits per heavy atom. The third-order valence-corrected chi connectivity index (χ3v) is 5.03. The first-order valence-corrected chi connectivity index (χ1v) is 7.70. The molecule has 18 heavy (non-hydrogen) atoms. The van der Waals surface area contributed by atoms with Crippen LogP contribution in [0.5, 0.6) is 0 Å². The van der Waals surface area contributed by atoms with Gasteiger partial charge in [0.2, 0.25) is 0 Å². The summed E-state index contributed by atoms with van der Waals surface area (Å²) in [4.78, 5) is 2.63. The van der Waals surface area contributed by atoms with Crippen LogP contribution in [0.3, 0.4) is 0 Å². The quantitative estimate of drug-likeness (QED) is 0.705. The molecule has 2 fully saturated rings. The highest BCUT2D eigenvalue weighted by Crippen LogP contribution is 2.39. The van der Waals surface area contributed by atoms with E-state index in [1.54, 1.807) is 7.11 Å². The van der Waals surface area contributed by atoms with Crippen LogP contribution in [0.1, 0.15) is 45.4 Å². The van der Waals surface area contributed by atoms with Crippen LogP contribution in [0.15, 0.2) is 0 Å². The number of hydrogen-bond acceptors (Lipinski definition) is 3. The van der Waals surface area contributed by atoms with E-state index in [1.165, 1.54) is 38.5 Å². The van der Waals surface area contributed by atoms with E-state index in [2.05, 4.69) is 24.2 Å². The van der Waals surface area contributed by atoms with Gasteiger partial charge in [-0.25, -0.2) is 0 Å². The van der Waals surface area contributed by atoms with Crippen LogP contribution < -0.4 is 5.32 Å². The molecule has 2 rings (SSSR count). The van der Waals surface area contributed by atoms with Crippen molar-refractivity contribution in [2.45, 2.75) is 63.6 Å². The monoisotopic (exact) mass is 254 g/mol. The van der Waals surface area contributed by atoms with Gasteiger partial charge >= 0.3 is 0 Å². The van der Waals surface area contributed by atoms with Crippen molar-refractivity contribution in [2.24, 2.45) is 5.92 Å². The highest BCUT2D eigenvalue weighted by molar-refractivity contribution is 4.96. The maximum Gasteiger partial charge on any atom is 0.0462 e. The number of methoxy groups -OCH3 is 1. The Morgan fingerprint density at radius 1 is 1.28 bits per heavy atom. The Morgan fingerprint density at radius 2 is 1.94 bits per heavy atom. The van der Waals surface area contributed by atoms with Crippen molar-refractivity contribution >= 4 is 0 Å². The molecule has 3 heteroatoms. The summed E-state index contributed by atoms with van der Waals surface area (Å²) in [6.07, 6.45) is 8.11. The predicted molar refractivity (Wildman–Crippen MR) is 75.9 cm³/mol. The van der Waals surface area contributed by atoms with Crippen LogP contribution in [0.2, 0.25) is 0 Å². The first-order valence-electron chi connectivity index (χ1n) is 7.70. The van der Waals surface area contributed by atoms with Crippen LogP contribution >= 0.6 is 0 Å². The second-order valence-electron chi connectivity index (χ2n) is 6.08. The summed E-state index contributed by atoms with van der Waals surface area (Å²) in [7, 11) is 4.13. The van der Waals surface area contributed by atoms with Gasteiger partial charge in [0.05, 0.1) is 0 Å². The Hall–Kier alpha value is -0.120. The summed E-state index contributed by atoms with van der Waals surface area (Å²) in [6, 6.07) is 2.43. The molecule has 1 N–H and O–H groups in total. The average Bonchev–Trinajstić information content (AvgIpc) is 2.61. The zero-order chi connectivity index (χ0) is 13.0. The van der Waals surface area contributed by atoms with Gasteiger partial charge in [0.25, 0.3) is 0 Å². The molecule has 0 saturated carbocycles. The van der Waals surface area contributed by atoms with Crippen molar-refractivity contribution in [3.05, 3.63) is 0 Å². The average molecular weight is 254 g/mol. The predicted octanol–water partition coefficient (Wildman–Crippen LogP) is 2.26. The molecule has 106 valence electrons. The summed E-state index contributed by atoms with van der Waals surface area (Å²) in [6.45, 7) is 4.23. The van der Waals surface area contributed by atoms with Crippen molar-refractivity contribution in [3.63, 3.8) is 0 Å². The van der Waals surface area contributed by atoms with Gasteiger partial charge in [0.1, 0.15) is 0 Å². The number of nitrogens with zero attached hydrogens (tertiary/aromatic N) is 1. The molecule has 0 spiro atoms. The minimum atomic E-state index is 0.710. The van der Waals surface area contributed by atoms with E-state index in [0.717, 1.165) is 31.2 Å². The highest BCUT2D eigenvalue weighted by atomic mass is 16.5. The Balaban J connectivity index is 1.86. The molecule has 2 saturated heterocycles. The van der Waals surface area contributed by atoms with Crippen molar-refractivity contribution in [1.82, 2.24) is 10.2 Å². The minimum Gasteiger partial charge on any atom is -0.385 e. The molecule has 2 aliphatic heterocycles. The third kappa shape index (κ3) is 3.25. The molecule has 3 atom stereocenters. The van der Waals surface area contributed by atoms with E-state index >= 15 is 0 Å². The van der Waals surface area contributed by atoms with Crippen molar-refractivity contribution in [1.29, 1.82) is 0 Å². The first kappa shape index (κ1) is 14.3. The lowest BCUT2D eigenvalue weighted by Gasteiger charge is -2.40. The molecule has 0 aliphatic carbocycles. The van der Waals surface area contributed by atoms with Crippen molar-refractivity contribution in [2.75, 3.05) is 27.3 Å². The molecule has 0 amide bonds. The van der Waals surface area contributed by atoms with Gasteiger partial charge in [-0.2, -0.15) is 0 Å². The molecular weight excluding hydrogens is 224 g/mol. The number of piperidine rings is 1. The molecule has 3 unspecified atom stereocenters. The van der Waals surface area contributed by atoms with Crippen LogP contribution in [-0.4, -0.2) is 50.3 Å². The number of ether oxygens (including phenoxy) is 1. The molecule has 2 bridgehead atoms. The minimum absolute atomic E-state index is 0.710. The molecule has 0 aromatic carbocycles. The topological polar surface area (TPSA) is 24.5 Å². The van der Waals surface area contributed by atoms with Crippen LogP contribution in [0.4, 0.5) is 0 Å². The van der Waals surface area contributed by atoms with E-state index in [9.17, 15) is 0 Å². The highest BCUT2D eigenvalue weighted by Gasteiger charge is 2.40. The lowest BCUT2D eigenvalue weighted by molar-refractivity contribution is 0.106. The molecule has 3 nitrogen and oxygen atoms in total. The maximum absolute atomic E-state index is 5.19. The number of nitrogens with one attached hydrogen (secondary N) is 1. The summed E-state index contributed by atoms with van der Waals surface area (Å²) in [5.74, 6) is 0.885. The fourth-order valence-electron chi connectivity index (χ4n) is 4.00. The molecule has 0 aromatic heterocycles. The van der Waals surface area contributed by atoms with E-state index in [-0.39, 0.29) is 0 Å². The largest absolute Gasteiger partial charge is 0.385 e. The van der Waals surface area contributed by atoms with Crippen molar-refractivity contribution < 1.29 is 4.74 Å². The second kappa shape index (κ2) is 6.88. The smallest absolute Gasteiger partial charge is 0.0462 e. The van der Waals surface area contributed by atoms with Crippen LogP contribution in [0.25, 0.3) is 0 Å². The van der Waals surface area contributed by atoms with Gasteiger partial charge in [-0.05, 0) is 58.0 Å². The normalized spacial score (nSPS) is 33.8. The number of rotatable bonds is 7. The van der Waals surface area contributed by atoms with E-state index in [0.29, 0.717) is 6.04 Å². The van der Waals surface area contributed by atoms with Crippen molar-refractivity contribution in [3.8, 4) is 0 Å². The summed E-state index contributed by atoms with van der Waals surface area (Å²) >= 11 is 0. The van der Waals surface area contributed by atoms with Gasteiger partial charge in [0, 0.05) is 31.8 Å². The van der Waals surface area contributed by atoms with E-state index in [4.69, 9.17) is 4.74 Å².